The molecule has 0 amide bonds. The summed E-state index contributed by atoms with van der Waals surface area (Å²) in [6.07, 6.45) is 3.28. The normalized spacial score (nSPS) is 10.7. The van der Waals surface area contributed by atoms with Gasteiger partial charge in [-0.2, -0.15) is 0 Å². The van der Waals surface area contributed by atoms with Gasteiger partial charge in [0.25, 0.3) is 0 Å². The summed E-state index contributed by atoms with van der Waals surface area (Å²) in [6, 6.07) is 12.4. The second-order valence-electron chi connectivity index (χ2n) is 5.07. The van der Waals surface area contributed by atoms with Gasteiger partial charge in [-0.3, -0.25) is 4.79 Å². The third kappa shape index (κ3) is 3.67. The third-order valence-electron chi connectivity index (χ3n) is 3.30. The molecular weight excluding hydrogens is 278 g/mol. The summed E-state index contributed by atoms with van der Waals surface area (Å²) in [5.41, 5.74) is 2.52. The van der Waals surface area contributed by atoms with Gasteiger partial charge >= 0.3 is 0 Å². The zero-order valence-corrected chi connectivity index (χ0v) is 12.9. The number of phenols is 1. The molecule has 114 valence electrons. The number of carbonyl (C=O) groups is 1. The molecule has 4 heteroatoms. The van der Waals surface area contributed by atoms with Crippen molar-refractivity contribution in [3.63, 3.8) is 0 Å². The molecule has 0 saturated carbocycles. The number of hydrogen-bond donors (Lipinski definition) is 1. The standard InChI is InChI=1S/C18H19NO3/c1-19(2)15-8-4-13(5-9-15)6-10-16(20)14-7-11-17(21)18(12-14)22-3/h4-12,21H,1-3H3. The molecule has 0 aliphatic heterocycles. The smallest absolute Gasteiger partial charge is 0.185 e. The molecule has 2 aromatic rings. The summed E-state index contributed by atoms with van der Waals surface area (Å²) < 4.78 is 5.00. The molecule has 0 radical (unpaired) electrons. The summed E-state index contributed by atoms with van der Waals surface area (Å²) in [7, 11) is 5.41. The first-order valence-electron chi connectivity index (χ1n) is 6.88. The minimum atomic E-state index is -0.144. The number of benzene rings is 2. The second-order valence-corrected chi connectivity index (χ2v) is 5.07. The Morgan fingerprint density at radius 3 is 2.41 bits per heavy atom. The van der Waals surface area contributed by atoms with E-state index < -0.39 is 0 Å². The quantitative estimate of drug-likeness (QED) is 0.679. The Kier molecular flexibility index (Phi) is 4.84. The average Bonchev–Trinajstić information content (AvgIpc) is 2.53. The van der Waals surface area contributed by atoms with Gasteiger partial charge in [0, 0.05) is 25.3 Å². The maximum absolute atomic E-state index is 12.1. The zero-order chi connectivity index (χ0) is 16.1. The van der Waals surface area contributed by atoms with Crippen molar-refractivity contribution >= 4 is 17.5 Å². The van der Waals surface area contributed by atoms with E-state index in [0.29, 0.717) is 5.56 Å². The molecule has 0 unspecified atom stereocenters. The number of nitrogens with zero attached hydrogens (tertiary/aromatic N) is 1. The molecular formula is C18H19NO3. The number of rotatable bonds is 5. The van der Waals surface area contributed by atoms with Crippen LogP contribution in [0.1, 0.15) is 15.9 Å². The number of ketones is 1. The summed E-state index contributed by atoms with van der Waals surface area (Å²) in [6.45, 7) is 0. The van der Waals surface area contributed by atoms with Crippen molar-refractivity contribution < 1.29 is 14.6 Å². The Balaban J connectivity index is 2.14. The van der Waals surface area contributed by atoms with Crippen LogP contribution in [-0.4, -0.2) is 32.1 Å². The second kappa shape index (κ2) is 6.80. The van der Waals surface area contributed by atoms with Crippen LogP contribution in [-0.2, 0) is 0 Å². The van der Waals surface area contributed by atoms with Gasteiger partial charge in [-0.1, -0.05) is 18.2 Å². The van der Waals surface area contributed by atoms with Crippen LogP contribution >= 0.6 is 0 Å². The van der Waals surface area contributed by atoms with Gasteiger partial charge in [-0.25, -0.2) is 0 Å². The largest absolute Gasteiger partial charge is 0.504 e. The van der Waals surface area contributed by atoms with E-state index in [1.807, 2.05) is 43.3 Å². The maximum Gasteiger partial charge on any atom is 0.185 e. The number of phenolic OH excluding ortho intramolecular Hbond substituents is 1. The molecule has 0 atom stereocenters. The Morgan fingerprint density at radius 2 is 1.82 bits per heavy atom. The van der Waals surface area contributed by atoms with Crippen molar-refractivity contribution in [2.75, 3.05) is 26.1 Å². The van der Waals surface area contributed by atoms with Crippen LogP contribution in [0.4, 0.5) is 5.69 Å². The van der Waals surface area contributed by atoms with Crippen LogP contribution in [0, 0.1) is 0 Å². The molecule has 0 saturated heterocycles. The fraction of sp³-hybridized carbons (Fsp3) is 0.167. The number of allylic oxidation sites excluding steroid dienone is 1. The van der Waals surface area contributed by atoms with Crippen LogP contribution in [0.3, 0.4) is 0 Å². The monoisotopic (exact) mass is 297 g/mol. The highest BCUT2D eigenvalue weighted by molar-refractivity contribution is 6.07. The van der Waals surface area contributed by atoms with E-state index in [9.17, 15) is 9.90 Å². The number of aromatic hydroxyl groups is 1. The van der Waals surface area contributed by atoms with E-state index in [0.717, 1.165) is 11.3 Å². The molecule has 0 heterocycles. The minimum Gasteiger partial charge on any atom is -0.504 e. The predicted octanol–water partition coefficient (Wildman–Crippen LogP) is 3.36. The highest BCUT2D eigenvalue weighted by Gasteiger charge is 2.07. The third-order valence-corrected chi connectivity index (χ3v) is 3.30. The lowest BCUT2D eigenvalue weighted by Gasteiger charge is -2.11. The Hall–Kier alpha value is -2.75. The molecule has 0 aliphatic carbocycles. The topological polar surface area (TPSA) is 49.8 Å². The van der Waals surface area contributed by atoms with Gasteiger partial charge in [-0.05, 0) is 42.0 Å². The number of methoxy groups -OCH3 is 1. The molecule has 0 aromatic heterocycles. The molecule has 2 rings (SSSR count). The van der Waals surface area contributed by atoms with Gasteiger partial charge in [0.2, 0.25) is 0 Å². The molecule has 0 bridgehead atoms. The average molecular weight is 297 g/mol. The van der Waals surface area contributed by atoms with Gasteiger partial charge in [0.15, 0.2) is 17.3 Å². The number of ether oxygens (including phenoxy) is 1. The van der Waals surface area contributed by atoms with E-state index in [2.05, 4.69) is 0 Å². The molecule has 0 aliphatic rings. The van der Waals surface area contributed by atoms with Crippen molar-refractivity contribution in [2.24, 2.45) is 0 Å². The van der Waals surface area contributed by atoms with E-state index in [1.54, 1.807) is 12.1 Å². The maximum atomic E-state index is 12.1. The zero-order valence-electron chi connectivity index (χ0n) is 12.9. The summed E-state index contributed by atoms with van der Waals surface area (Å²) in [4.78, 5) is 14.2. The summed E-state index contributed by atoms with van der Waals surface area (Å²) in [5, 5.41) is 9.54. The van der Waals surface area contributed by atoms with Crippen LogP contribution in [0.25, 0.3) is 6.08 Å². The van der Waals surface area contributed by atoms with Crippen molar-refractivity contribution in [1.82, 2.24) is 0 Å². The first-order chi connectivity index (χ1) is 10.5. The number of carbonyl (C=O) groups excluding carboxylic acids is 1. The number of hydrogen-bond acceptors (Lipinski definition) is 4. The van der Waals surface area contributed by atoms with Crippen molar-refractivity contribution in [3.8, 4) is 11.5 Å². The molecule has 1 N–H and O–H groups in total. The van der Waals surface area contributed by atoms with Gasteiger partial charge < -0.3 is 14.7 Å². The van der Waals surface area contributed by atoms with Gasteiger partial charge in [-0.15, -0.1) is 0 Å². The lowest BCUT2D eigenvalue weighted by molar-refractivity contribution is 0.104. The van der Waals surface area contributed by atoms with E-state index in [4.69, 9.17) is 4.74 Å². The van der Waals surface area contributed by atoms with E-state index in [-0.39, 0.29) is 17.3 Å². The summed E-state index contributed by atoms with van der Waals surface area (Å²) >= 11 is 0. The van der Waals surface area contributed by atoms with E-state index >= 15 is 0 Å². The summed E-state index contributed by atoms with van der Waals surface area (Å²) in [5.74, 6) is 0.159. The molecule has 0 fully saturated rings. The van der Waals surface area contributed by atoms with Crippen LogP contribution in [0.15, 0.2) is 48.5 Å². The van der Waals surface area contributed by atoms with Gasteiger partial charge in [0.05, 0.1) is 7.11 Å². The predicted molar refractivity (Wildman–Crippen MR) is 88.8 cm³/mol. The Bertz CT molecular complexity index is 688. The SMILES string of the molecule is COc1cc(C(=O)C=Cc2ccc(N(C)C)cc2)ccc1O. The van der Waals surface area contributed by atoms with Crippen molar-refractivity contribution in [3.05, 3.63) is 59.7 Å². The lowest BCUT2D eigenvalue weighted by Crippen LogP contribution is -2.07. The first kappa shape index (κ1) is 15.6. The molecule has 0 spiro atoms. The highest BCUT2D eigenvalue weighted by Crippen LogP contribution is 2.26. The van der Waals surface area contributed by atoms with Crippen LogP contribution < -0.4 is 9.64 Å². The molecule has 4 nitrogen and oxygen atoms in total. The van der Waals surface area contributed by atoms with Crippen LogP contribution in [0.5, 0.6) is 11.5 Å². The molecule has 2 aromatic carbocycles. The molecule has 22 heavy (non-hydrogen) atoms. The minimum absolute atomic E-state index is 0.0160. The Labute approximate surface area is 130 Å². The number of anilines is 1. The van der Waals surface area contributed by atoms with Crippen molar-refractivity contribution in [2.45, 2.75) is 0 Å². The van der Waals surface area contributed by atoms with Gasteiger partial charge in [0.1, 0.15) is 0 Å². The van der Waals surface area contributed by atoms with Crippen LogP contribution in [0.2, 0.25) is 0 Å². The first-order valence-corrected chi connectivity index (χ1v) is 6.88. The van der Waals surface area contributed by atoms with E-state index in [1.165, 1.54) is 25.3 Å². The lowest BCUT2D eigenvalue weighted by atomic mass is 10.1. The fourth-order valence-electron chi connectivity index (χ4n) is 1.98. The fourth-order valence-corrected chi connectivity index (χ4v) is 1.98. The Morgan fingerprint density at radius 1 is 1.14 bits per heavy atom. The highest BCUT2D eigenvalue weighted by atomic mass is 16.5. The van der Waals surface area contributed by atoms with Crippen molar-refractivity contribution in [1.29, 1.82) is 0 Å².